The van der Waals surface area contributed by atoms with Crippen molar-refractivity contribution in [3.8, 4) is 0 Å². The molecule has 7 heteroatoms. The van der Waals surface area contributed by atoms with Crippen molar-refractivity contribution in [3.05, 3.63) is 35.4 Å². The van der Waals surface area contributed by atoms with Gasteiger partial charge >= 0.3 is 6.18 Å². The van der Waals surface area contributed by atoms with Crippen molar-refractivity contribution in [2.45, 2.75) is 39.1 Å². The lowest BCUT2D eigenvalue weighted by Gasteiger charge is -2.34. The molecule has 1 fully saturated rings. The zero-order valence-corrected chi connectivity index (χ0v) is 14.0. The van der Waals surface area contributed by atoms with Gasteiger partial charge in [0.25, 0.3) is 5.91 Å². The number of benzene rings is 1. The number of alkyl halides is 3. The van der Waals surface area contributed by atoms with E-state index in [4.69, 9.17) is 4.74 Å². The van der Waals surface area contributed by atoms with E-state index >= 15 is 0 Å². The molecule has 2 N–H and O–H groups in total. The average molecular weight is 344 g/mol. The maximum absolute atomic E-state index is 13.0. The van der Waals surface area contributed by atoms with Gasteiger partial charge in [-0.05, 0) is 23.1 Å². The number of rotatable bonds is 3. The van der Waals surface area contributed by atoms with E-state index in [2.05, 4.69) is 10.6 Å². The largest absolute Gasteiger partial charge is 0.416 e. The van der Waals surface area contributed by atoms with E-state index in [0.29, 0.717) is 25.3 Å². The van der Waals surface area contributed by atoms with E-state index in [1.165, 1.54) is 6.07 Å². The number of amides is 1. The quantitative estimate of drug-likeness (QED) is 0.886. The van der Waals surface area contributed by atoms with Crippen LogP contribution in [0.1, 0.15) is 37.9 Å². The third kappa shape index (κ3) is 4.70. The maximum Gasteiger partial charge on any atom is 0.416 e. The number of nitrogens with one attached hydrogen (secondary N) is 2. The highest BCUT2D eigenvalue weighted by molar-refractivity contribution is 5.81. The van der Waals surface area contributed by atoms with Crippen LogP contribution in [0.3, 0.4) is 0 Å². The molecule has 1 heterocycles. The second kappa shape index (κ2) is 7.11. The molecule has 24 heavy (non-hydrogen) atoms. The Morgan fingerprint density at radius 3 is 2.58 bits per heavy atom. The lowest BCUT2D eigenvalue weighted by atomic mass is 9.81. The minimum Gasteiger partial charge on any atom is -0.366 e. The number of hydrogen-bond donors (Lipinski definition) is 2. The fourth-order valence-corrected chi connectivity index (χ4v) is 2.66. The highest BCUT2D eigenvalue weighted by Gasteiger charge is 2.34. The van der Waals surface area contributed by atoms with Crippen molar-refractivity contribution < 1.29 is 22.7 Å². The van der Waals surface area contributed by atoms with Crippen LogP contribution in [0.2, 0.25) is 0 Å². The van der Waals surface area contributed by atoms with E-state index in [9.17, 15) is 18.0 Å². The minimum absolute atomic E-state index is 0.320. The number of morpholine rings is 1. The van der Waals surface area contributed by atoms with Crippen LogP contribution in [0.25, 0.3) is 0 Å². The summed E-state index contributed by atoms with van der Waals surface area (Å²) in [5.41, 5.74) is -0.754. The number of carbonyl (C=O) groups excluding carboxylic acids is 1. The van der Waals surface area contributed by atoms with E-state index in [-0.39, 0.29) is 5.91 Å². The third-order valence-corrected chi connectivity index (χ3v) is 3.92. The zero-order valence-electron chi connectivity index (χ0n) is 14.0. The molecule has 1 aromatic rings. The van der Waals surface area contributed by atoms with Gasteiger partial charge in [0.1, 0.15) is 6.10 Å². The van der Waals surface area contributed by atoms with Gasteiger partial charge in [0, 0.05) is 13.1 Å². The Labute approximate surface area is 139 Å². The minimum atomic E-state index is -4.42. The highest BCUT2D eigenvalue weighted by Crippen LogP contribution is 2.36. The Hall–Kier alpha value is -1.60. The Morgan fingerprint density at radius 2 is 2.04 bits per heavy atom. The van der Waals surface area contributed by atoms with Gasteiger partial charge in [-0.3, -0.25) is 4.79 Å². The molecule has 1 aromatic carbocycles. The first-order valence-corrected chi connectivity index (χ1v) is 7.89. The second-order valence-corrected chi connectivity index (χ2v) is 6.99. The van der Waals surface area contributed by atoms with Gasteiger partial charge in [-0.25, -0.2) is 0 Å². The third-order valence-electron chi connectivity index (χ3n) is 3.92. The van der Waals surface area contributed by atoms with Crippen LogP contribution in [0.4, 0.5) is 13.2 Å². The summed E-state index contributed by atoms with van der Waals surface area (Å²) in [6.07, 6.45) is -5.05. The predicted octanol–water partition coefficient (Wildman–Crippen LogP) is 2.90. The predicted molar refractivity (Wildman–Crippen MR) is 84.4 cm³/mol. The number of hydrogen-bond acceptors (Lipinski definition) is 3. The molecule has 2 rings (SSSR count). The molecule has 0 radical (unpaired) electrons. The normalized spacial score (nSPS) is 20.5. The van der Waals surface area contributed by atoms with E-state index in [0.717, 1.165) is 12.1 Å². The first-order chi connectivity index (χ1) is 11.1. The summed E-state index contributed by atoms with van der Waals surface area (Å²) in [5, 5.41) is 5.91. The number of ether oxygens (including phenoxy) is 1. The lowest BCUT2D eigenvalue weighted by Crippen LogP contribution is -2.50. The summed E-state index contributed by atoms with van der Waals surface area (Å²) in [4.78, 5) is 12.4. The van der Waals surface area contributed by atoms with Crippen molar-refractivity contribution in [1.29, 1.82) is 0 Å². The fourth-order valence-electron chi connectivity index (χ4n) is 2.66. The molecule has 0 saturated carbocycles. The van der Waals surface area contributed by atoms with Crippen LogP contribution in [0, 0.1) is 5.41 Å². The molecule has 0 bridgehead atoms. The van der Waals surface area contributed by atoms with E-state index in [1.54, 1.807) is 6.07 Å². The zero-order chi connectivity index (χ0) is 18.0. The van der Waals surface area contributed by atoms with Gasteiger partial charge in [-0.15, -0.1) is 0 Å². The number of carbonyl (C=O) groups is 1. The van der Waals surface area contributed by atoms with Gasteiger partial charge < -0.3 is 15.4 Å². The van der Waals surface area contributed by atoms with Crippen molar-refractivity contribution in [2.75, 3.05) is 19.7 Å². The first kappa shape index (κ1) is 18.7. The van der Waals surface area contributed by atoms with Crippen molar-refractivity contribution >= 4 is 5.91 Å². The standard InChI is InChI=1S/C17H23F3N2O2/c1-16(2,3)14(22-15(23)13-10-21-7-8-24-13)11-5-4-6-12(9-11)17(18,19)20/h4-6,9,13-14,21H,7-8,10H2,1-3H3,(H,22,23). The molecule has 1 aliphatic heterocycles. The van der Waals surface area contributed by atoms with E-state index in [1.807, 2.05) is 20.8 Å². The Kier molecular flexibility index (Phi) is 5.55. The number of halogens is 3. The molecule has 1 aliphatic rings. The molecule has 4 nitrogen and oxygen atoms in total. The molecule has 1 saturated heterocycles. The topological polar surface area (TPSA) is 50.4 Å². The second-order valence-electron chi connectivity index (χ2n) is 6.99. The smallest absolute Gasteiger partial charge is 0.366 e. The SMILES string of the molecule is CC(C)(C)C(NC(=O)C1CNCCO1)c1cccc(C(F)(F)F)c1. The van der Waals surface area contributed by atoms with Gasteiger partial charge in [-0.2, -0.15) is 13.2 Å². The molecular formula is C17H23F3N2O2. The maximum atomic E-state index is 13.0. The van der Waals surface area contributed by atoms with Crippen molar-refractivity contribution in [3.63, 3.8) is 0 Å². The van der Waals surface area contributed by atoms with Crippen LogP contribution in [0.5, 0.6) is 0 Å². The van der Waals surface area contributed by atoms with Crippen LogP contribution >= 0.6 is 0 Å². The highest BCUT2D eigenvalue weighted by atomic mass is 19.4. The van der Waals surface area contributed by atoms with Crippen molar-refractivity contribution in [1.82, 2.24) is 10.6 Å². The average Bonchev–Trinajstić information content (AvgIpc) is 2.51. The molecule has 0 spiro atoms. The fraction of sp³-hybridized carbons (Fsp3) is 0.588. The molecule has 0 aliphatic carbocycles. The van der Waals surface area contributed by atoms with Crippen molar-refractivity contribution in [2.24, 2.45) is 5.41 Å². The molecule has 2 atom stereocenters. The first-order valence-electron chi connectivity index (χ1n) is 7.89. The molecule has 134 valence electrons. The molecule has 0 aromatic heterocycles. The Morgan fingerprint density at radius 1 is 1.33 bits per heavy atom. The summed E-state index contributed by atoms with van der Waals surface area (Å²) < 4.78 is 44.3. The molecule has 2 unspecified atom stereocenters. The van der Waals surface area contributed by atoms with Gasteiger partial charge in [-0.1, -0.05) is 32.9 Å². The van der Waals surface area contributed by atoms with Crippen LogP contribution < -0.4 is 10.6 Å². The molecular weight excluding hydrogens is 321 g/mol. The van der Waals surface area contributed by atoms with Gasteiger partial charge in [0.15, 0.2) is 0 Å². The van der Waals surface area contributed by atoms with Gasteiger partial charge in [0.2, 0.25) is 0 Å². The molecule has 1 amide bonds. The van der Waals surface area contributed by atoms with E-state index < -0.39 is 29.3 Å². The monoisotopic (exact) mass is 344 g/mol. The van der Waals surface area contributed by atoms with Crippen LogP contribution in [-0.4, -0.2) is 31.7 Å². The van der Waals surface area contributed by atoms with Gasteiger partial charge in [0.05, 0.1) is 18.2 Å². The summed E-state index contributed by atoms with van der Waals surface area (Å²) in [6.45, 7) is 7.13. The van der Waals surface area contributed by atoms with Crippen LogP contribution in [0.15, 0.2) is 24.3 Å². The summed E-state index contributed by atoms with van der Waals surface area (Å²) >= 11 is 0. The summed E-state index contributed by atoms with van der Waals surface area (Å²) in [6, 6.07) is 4.53. The Bertz CT molecular complexity index is 576. The Balaban J connectivity index is 2.24. The summed E-state index contributed by atoms with van der Waals surface area (Å²) in [5.74, 6) is -0.320. The van der Waals surface area contributed by atoms with Crippen LogP contribution in [-0.2, 0) is 15.7 Å². The summed E-state index contributed by atoms with van der Waals surface area (Å²) in [7, 11) is 0. The lowest BCUT2D eigenvalue weighted by molar-refractivity contribution is -0.137.